The monoisotopic (exact) mass is 414 g/mol. The number of halogens is 2. The van der Waals surface area contributed by atoms with Gasteiger partial charge in [0.1, 0.15) is 5.56 Å². The van der Waals surface area contributed by atoms with Gasteiger partial charge in [-0.1, -0.05) is 16.8 Å². The maximum atomic E-state index is 13.2. The molecule has 1 atom stereocenters. The first-order chi connectivity index (χ1) is 12.6. The number of nitrogens with zero attached hydrogens (tertiary/aromatic N) is 2. The van der Waals surface area contributed by atoms with E-state index in [0.717, 1.165) is 12.0 Å². The van der Waals surface area contributed by atoms with Crippen molar-refractivity contribution in [3.8, 4) is 11.3 Å². The second-order valence-corrected chi connectivity index (χ2v) is 6.74. The van der Waals surface area contributed by atoms with Crippen LogP contribution in [-0.2, 0) is 4.74 Å². The molecule has 0 radical (unpaired) electrons. The van der Waals surface area contributed by atoms with Gasteiger partial charge >= 0.3 is 0 Å². The first-order valence-electron chi connectivity index (χ1n) is 8.61. The summed E-state index contributed by atoms with van der Waals surface area (Å²) >= 11 is 5.97. The number of nitrogens with two attached hydrogens (primary N) is 1. The smallest absolute Gasteiger partial charge is 0.261 e. The predicted molar refractivity (Wildman–Crippen MR) is 108 cm³/mol. The third kappa shape index (κ3) is 4.93. The Labute approximate surface area is 169 Å². The molecule has 3 N–H and O–H groups in total. The van der Waals surface area contributed by atoms with Gasteiger partial charge in [-0.15, -0.1) is 12.4 Å². The van der Waals surface area contributed by atoms with Crippen LogP contribution in [0.4, 0.5) is 5.82 Å². The summed E-state index contributed by atoms with van der Waals surface area (Å²) in [4.78, 5) is 15.0. The number of ether oxygens (including phenoxy) is 1. The first kappa shape index (κ1) is 21.5. The summed E-state index contributed by atoms with van der Waals surface area (Å²) in [6, 6.07) is 7.13. The molecular formula is C18H24Cl2N4O3. The van der Waals surface area contributed by atoms with E-state index in [1.165, 1.54) is 0 Å². The third-order valence-corrected chi connectivity index (χ3v) is 4.77. The Hall–Kier alpha value is -1.80. The van der Waals surface area contributed by atoms with E-state index in [-0.39, 0.29) is 18.3 Å². The molecule has 3 rings (SSSR count). The average molecular weight is 415 g/mol. The Morgan fingerprint density at radius 1 is 1.44 bits per heavy atom. The third-order valence-electron chi connectivity index (χ3n) is 4.52. The molecule has 2 heterocycles. The van der Waals surface area contributed by atoms with E-state index in [9.17, 15) is 4.79 Å². The van der Waals surface area contributed by atoms with E-state index in [4.69, 9.17) is 26.6 Å². The van der Waals surface area contributed by atoms with E-state index in [2.05, 4.69) is 10.5 Å². The van der Waals surface area contributed by atoms with Crippen molar-refractivity contribution in [2.45, 2.75) is 6.42 Å². The van der Waals surface area contributed by atoms with Gasteiger partial charge in [-0.25, -0.2) is 0 Å². The zero-order valence-electron chi connectivity index (χ0n) is 15.1. The van der Waals surface area contributed by atoms with Crippen molar-refractivity contribution in [1.29, 1.82) is 0 Å². The number of benzene rings is 1. The second-order valence-electron chi connectivity index (χ2n) is 6.30. The quantitative estimate of drug-likeness (QED) is 0.676. The number of hydrogen-bond donors (Lipinski definition) is 2. The maximum absolute atomic E-state index is 13.2. The van der Waals surface area contributed by atoms with Crippen LogP contribution in [0.1, 0.15) is 16.8 Å². The molecule has 1 saturated heterocycles. The second kappa shape index (κ2) is 9.94. The number of carbonyl (C=O) groups excluding carboxylic acids is 1. The van der Waals surface area contributed by atoms with Crippen LogP contribution in [-0.4, -0.2) is 55.9 Å². The van der Waals surface area contributed by atoms with Gasteiger partial charge in [0, 0.05) is 37.3 Å². The fourth-order valence-corrected chi connectivity index (χ4v) is 3.17. The Morgan fingerprint density at radius 3 is 2.81 bits per heavy atom. The lowest BCUT2D eigenvalue weighted by Gasteiger charge is -2.17. The highest BCUT2D eigenvalue weighted by Gasteiger charge is 2.32. The molecule has 1 aromatic heterocycles. The lowest BCUT2D eigenvalue weighted by atomic mass is 10.1. The average Bonchev–Trinajstić information content (AvgIpc) is 3.29. The zero-order chi connectivity index (χ0) is 18.5. The Balaban J connectivity index is 0.00000261. The summed E-state index contributed by atoms with van der Waals surface area (Å²) in [6.45, 7) is 2.93. The molecule has 2 aromatic rings. The molecule has 1 aromatic carbocycles. The van der Waals surface area contributed by atoms with Crippen molar-refractivity contribution in [2.75, 3.05) is 45.2 Å². The molecule has 1 unspecified atom stereocenters. The SMILES string of the molecule is COCCNc1noc(-c2ccc(Cl)cc2)c1C(=O)N1CCC(CN)C1.Cl. The van der Waals surface area contributed by atoms with Gasteiger partial charge in [0.05, 0.1) is 6.61 Å². The Bertz CT molecular complexity index is 752. The number of likely N-dealkylation sites (tertiary alicyclic amines) is 1. The summed E-state index contributed by atoms with van der Waals surface area (Å²) in [5, 5.41) is 7.80. The lowest BCUT2D eigenvalue weighted by Crippen LogP contribution is -2.30. The van der Waals surface area contributed by atoms with Gasteiger partial charge < -0.3 is 25.2 Å². The highest BCUT2D eigenvalue weighted by molar-refractivity contribution is 6.30. The standard InChI is InChI=1S/C18H23ClN4O3.ClH/c1-25-9-7-21-17-15(18(24)23-8-6-12(10-20)11-23)16(26-22-17)13-2-4-14(19)5-3-13;/h2-5,12H,6-11,20H2,1H3,(H,21,22);1H. The number of amides is 1. The van der Waals surface area contributed by atoms with Gasteiger partial charge in [0.25, 0.3) is 5.91 Å². The van der Waals surface area contributed by atoms with Crippen molar-refractivity contribution >= 4 is 35.7 Å². The van der Waals surface area contributed by atoms with Crippen molar-refractivity contribution in [1.82, 2.24) is 10.1 Å². The Morgan fingerprint density at radius 2 is 2.19 bits per heavy atom. The largest absolute Gasteiger partial charge is 0.383 e. The van der Waals surface area contributed by atoms with Crippen molar-refractivity contribution in [3.63, 3.8) is 0 Å². The summed E-state index contributed by atoms with van der Waals surface area (Å²) in [5.41, 5.74) is 6.93. The van der Waals surface area contributed by atoms with E-state index >= 15 is 0 Å². The van der Waals surface area contributed by atoms with E-state index in [1.807, 2.05) is 17.0 Å². The number of aromatic nitrogens is 1. The highest BCUT2D eigenvalue weighted by atomic mass is 35.5. The van der Waals surface area contributed by atoms with Crippen LogP contribution in [0.15, 0.2) is 28.8 Å². The molecule has 0 spiro atoms. The van der Waals surface area contributed by atoms with Gasteiger partial charge in [-0.05, 0) is 43.1 Å². The van der Waals surface area contributed by atoms with Crippen molar-refractivity contribution < 1.29 is 14.1 Å². The number of nitrogens with one attached hydrogen (secondary N) is 1. The summed E-state index contributed by atoms with van der Waals surface area (Å²) < 4.78 is 10.6. The maximum Gasteiger partial charge on any atom is 0.261 e. The van der Waals surface area contributed by atoms with Gasteiger partial charge in [0.2, 0.25) is 0 Å². The number of methoxy groups -OCH3 is 1. The van der Waals surface area contributed by atoms with E-state index in [0.29, 0.717) is 60.9 Å². The zero-order valence-corrected chi connectivity index (χ0v) is 16.7. The first-order valence-corrected chi connectivity index (χ1v) is 8.99. The van der Waals surface area contributed by atoms with Crippen molar-refractivity contribution in [3.05, 3.63) is 34.9 Å². The van der Waals surface area contributed by atoms with Gasteiger partial charge in [-0.2, -0.15) is 0 Å². The molecule has 0 bridgehead atoms. The minimum Gasteiger partial charge on any atom is -0.383 e. The van der Waals surface area contributed by atoms with Gasteiger partial charge in [-0.3, -0.25) is 4.79 Å². The fourth-order valence-electron chi connectivity index (χ4n) is 3.05. The Kier molecular flexibility index (Phi) is 7.91. The molecule has 1 amide bonds. The molecule has 1 aliphatic heterocycles. The van der Waals surface area contributed by atoms with Crippen LogP contribution < -0.4 is 11.1 Å². The molecule has 9 heteroatoms. The number of carbonyl (C=O) groups is 1. The minimum atomic E-state index is -0.105. The predicted octanol–water partition coefficient (Wildman–Crippen LogP) is 2.90. The molecule has 148 valence electrons. The molecule has 7 nitrogen and oxygen atoms in total. The van der Waals surface area contributed by atoms with Crippen LogP contribution in [0.5, 0.6) is 0 Å². The summed E-state index contributed by atoms with van der Waals surface area (Å²) in [7, 11) is 1.62. The molecule has 27 heavy (non-hydrogen) atoms. The highest BCUT2D eigenvalue weighted by Crippen LogP contribution is 2.32. The van der Waals surface area contributed by atoms with Crippen LogP contribution in [0, 0.1) is 5.92 Å². The molecule has 0 saturated carbocycles. The molecule has 1 aliphatic rings. The number of rotatable bonds is 7. The summed E-state index contributed by atoms with van der Waals surface area (Å²) in [5.74, 6) is 1.09. The molecular weight excluding hydrogens is 391 g/mol. The van der Waals surface area contributed by atoms with Crippen LogP contribution in [0.2, 0.25) is 5.02 Å². The fraction of sp³-hybridized carbons (Fsp3) is 0.444. The minimum absolute atomic E-state index is 0. The number of hydrogen-bond acceptors (Lipinski definition) is 6. The van der Waals surface area contributed by atoms with Gasteiger partial charge in [0.15, 0.2) is 11.6 Å². The van der Waals surface area contributed by atoms with Crippen molar-refractivity contribution in [2.24, 2.45) is 11.7 Å². The van der Waals surface area contributed by atoms with Crippen LogP contribution in [0.3, 0.4) is 0 Å². The molecule has 1 fully saturated rings. The topological polar surface area (TPSA) is 93.6 Å². The van der Waals surface area contributed by atoms with E-state index in [1.54, 1.807) is 19.2 Å². The lowest BCUT2D eigenvalue weighted by molar-refractivity contribution is 0.0788. The normalized spacial score (nSPS) is 16.3. The van der Waals surface area contributed by atoms with Crippen LogP contribution >= 0.6 is 24.0 Å². The summed E-state index contributed by atoms with van der Waals surface area (Å²) in [6.07, 6.45) is 0.913. The van der Waals surface area contributed by atoms with E-state index < -0.39 is 0 Å². The molecule has 0 aliphatic carbocycles. The number of anilines is 1. The van der Waals surface area contributed by atoms with Crippen LogP contribution in [0.25, 0.3) is 11.3 Å².